The quantitative estimate of drug-likeness (QED) is 0.476. The van der Waals surface area contributed by atoms with E-state index in [0.717, 1.165) is 32.1 Å². The molecule has 0 spiro atoms. The van der Waals surface area contributed by atoms with E-state index in [1.165, 1.54) is 7.05 Å². The Labute approximate surface area is 167 Å². The molecule has 7 nitrogen and oxygen atoms in total. The molecule has 0 aliphatic heterocycles. The van der Waals surface area contributed by atoms with Crippen LogP contribution in [0.1, 0.15) is 16.2 Å². The maximum atomic E-state index is 11.7. The van der Waals surface area contributed by atoms with E-state index in [0.29, 0.717) is 18.1 Å². The summed E-state index contributed by atoms with van der Waals surface area (Å²) in [6, 6.07) is 4.99. The lowest BCUT2D eigenvalue weighted by Crippen LogP contribution is -2.36. The summed E-state index contributed by atoms with van der Waals surface area (Å²) in [5.41, 5.74) is 8.69. The van der Waals surface area contributed by atoms with Crippen molar-refractivity contribution in [1.82, 2.24) is 9.71 Å². The number of thiophene rings is 1. The number of halogens is 1. The van der Waals surface area contributed by atoms with E-state index < -0.39 is 16.1 Å². The molecule has 0 aliphatic rings. The third kappa shape index (κ3) is 4.80. The second kappa shape index (κ2) is 8.15. The molecule has 146 valence electrons. The Bertz CT molecular complexity index is 1030. The highest BCUT2D eigenvalue weighted by Gasteiger charge is 2.19. The molecular formula is C17H21ClN4O3S2. The lowest BCUT2D eigenvalue weighted by molar-refractivity contribution is 0.518. The average molecular weight is 429 g/mol. The van der Waals surface area contributed by atoms with Gasteiger partial charge in [-0.15, -0.1) is 11.3 Å². The smallest absolute Gasteiger partial charge is 0.212 e. The predicted molar refractivity (Wildman–Crippen MR) is 110 cm³/mol. The fourth-order valence-electron chi connectivity index (χ4n) is 2.78. The Morgan fingerprint density at radius 2 is 2.22 bits per heavy atom. The van der Waals surface area contributed by atoms with Crippen molar-refractivity contribution >= 4 is 48.9 Å². The van der Waals surface area contributed by atoms with E-state index in [4.69, 9.17) is 21.8 Å². The number of nitrogens with two attached hydrogens (primary N) is 1. The fourth-order valence-corrected chi connectivity index (χ4v) is 5.15. The zero-order valence-electron chi connectivity index (χ0n) is 15.0. The van der Waals surface area contributed by atoms with Gasteiger partial charge >= 0.3 is 0 Å². The van der Waals surface area contributed by atoms with Crippen LogP contribution in [0.2, 0.25) is 5.15 Å². The van der Waals surface area contributed by atoms with Crippen molar-refractivity contribution in [2.75, 3.05) is 18.1 Å². The highest BCUT2D eigenvalue weighted by molar-refractivity contribution is 7.89. The van der Waals surface area contributed by atoms with Crippen LogP contribution in [-0.4, -0.2) is 32.2 Å². The van der Waals surface area contributed by atoms with Gasteiger partial charge in [-0.3, -0.25) is 0 Å². The summed E-state index contributed by atoms with van der Waals surface area (Å²) < 4.78 is 32.0. The maximum Gasteiger partial charge on any atom is 0.212 e. The van der Waals surface area contributed by atoms with Crippen molar-refractivity contribution in [3.8, 4) is 0 Å². The minimum atomic E-state index is -3.36. The number of sulfonamides is 1. The van der Waals surface area contributed by atoms with E-state index in [9.17, 15) is 8.42 Å². The van der Waals surface area contributed by atoms with Crippen molar-refractivity contribution in [2.24, 2.45) is 5.73 Å². The zero-order valence-corrected chi connectivity index (χ0v) is 17.3. The molecule has 1 atom stereocenters. The first-order chi connectivity index (χ1) is 12.8. The molecule has 0 saturated carbocycles. The van der Waals surface area contributed by atoms with Crippen molar-refractivity contribution in [2.45, 2.75) is 25.9 Å². The summed E-state index contributed by atoms with van der Waals surface area (Å²) in [6.45, 7) is 2.47. The molecule has 0 aromatic carbocycles. The molecule has 0 aliphatic carbocycles. The average Bonchev–Trinajstić information content (AvgIpc) is 3.22. The Morgan fingerprint density at radius 1 is 1.44 bits per heavy atom. The number of aryl methyl sites for hydroxylation is 1. The first-order valence-electron chi connectivity index (χ1n) is 8.30. The van der Waals surface area contributed by atoms with Gasteiger partial charge in [0.2, 0.25) is 10.0 Å². The Kier molecular flexibility index (Phi) is 6.07. The van der Waals surface area contributed by atoms with Crippen LogP contribution in [0.3, 0.4) is 0 Å². The SMILES string of the molecule is CNS(=O)(=O)C[C@H](N)Cc1sc2c(NCc3ccco3)cc(Cl)nc2c1C. The minimum Gasteiger partial charge on any atom is -0.467 e. The summed E-state index contributed by atoms with van der Waals surface area (Å²) in [4.78, 5) is 5.44. The van der Waals surface area contributed by atoms with Gasteiger partial charge in [-0.1, -0.05) is 11.6 Å². The number of rotatable bonds is 8. The molecule has 10 heteroatoms. The molecule has 3 heterocycles. The molecular weight excluding hydrogens is 408 g/mol. The molecule has 0 fully saturated rings. The molecule has 0 bridgehead atoms. The number of nitrogens with zero attached hydrogens (tertiary/aromatic N) is 1. The number of anilines is 1. The van der Waals surface area contributed by atoms with Gasteiger partial charge in [0.25, 0.3) is 0 Å². The van der Waals surface area contributed by atoms with Gasteiger partial charge in [0.15, 0.2) is 0 Å². The summed E-state index contributed by atoms with van der Waals surface area (Å²) in [5.74, 6) is 0.679. The molecule has 4 N–H and O–H groups in total. The molecule has 3 rings (SSSR count). The molecule has 0 unspecified atom stereocenters. The van der Waals surface area contributed by atoms with E-state index in [2.05, 4.69) is 15.0 Å². The number of furan rings is 1. The lowest BCUT2D eigenvalue weighted by atomic mass is 10.1. The number of aromatic nitrogens is 1. The minimum absolute atomic E-state index is 0.130. The molecule has 0 amide bonds. The van der Waals surface area contributed by atoms with Gasteiger partial charge in [-0.05, 0) is 38.1 Å². The number of fused-ring (bicyclic) bond motifs is 1. The van der Waals surface area contributed by atoms with Gasteiger partial charge in [0, 0.05) is 17.0 Å². The van der Waals surface area contributed by atoms with Crippen molar-refractivity contribution in [3.05, 3.63) is 45.8 Å². The van der Waals surface area contributed by atoms with Crippen LogP contribution >= 0.6 is 22.9 Å². The Hall–Kier alpha value is -1.65. The maximum absolute atomic E-state index is 11.7. The Balaban J connectivity index is 1.87. The van der Waals surface area contributed by atoms with E-state index in [1.807, 2.05) is 19.1 Å². The van der Waals surface area contributed by atoms with Crippen LogP contribution in [0.5, 0.6) is 0 Å². The molecule has 27 heavy (non-hydrogen) atoms. The van der Waals surface area contributed by atoms with Gasteiger partial charge in [0.1, 0.15) is 10.9 Å². The predicted octanol–water partition coefficient (Wildman–Crippen LogP) is 2.88. The molecule has 3 aromatic heterocycles. The number of hydrogen-bond acceptors (Lipinski definition) is 7. The normalized spacial score (nSPS) is 13.2. The highest BCUT2D eigenvalue weighted by Crippen LogP contribution is 2.37. The number of pyridine rings is 1. The summed E-state index contributed by atoms with van der Waals surface area (Å²) in [5, 5.41) is 3.72. The van der Waals surface area contributed by atoms with Crippen LogP contribution in [-0.2, 0) is 23.0 Å². The standard InChI is InChI=1S/C17H21ClN4O3S2/c1-10-14(6-11(19)9-27(23,24)20-2)26-17-13(7-15(18)22-16(10)17)21-8-12-4-3-5-25-12/h3-5,7,11,20H,6,8-9,19H2,1-2H3,(H,21,22)/t11-/m1/s1. The van der Waals surface area contributed by atoms with Crippen LogP contribution in [0.4, 0.5) is 5.69 Å². The van der Waals surface area contributed by atoms with Gasteiger partial charge in [-0.2, -0.15) is 0 Å². The molecule has 3 aromatic rings. The van der Waals surface area contributed by atoms with Crippen molar-refractivity contribution < 1.29 is 12.8 Å². The summed E-state index contributed by atoms with van der Waals surface area (Å²) in [6.07, 6.45) is 2.07. The third-order valence-corrected chi connectivity index (χ3v) is 7.18. The monoisotopic (exact) mass is 428 g/mol. The topological polar surface area (TPSA) is 110 Å². The highest BCUT2D eigenvalue weighted by atomic mass is 35.5. The summed E-state index contributed by atoms with van der Waals surface area (Å²) >= 11 is 7.74. The molecule has 0 radical (unpaired) electrons. The molecule has 0 saturated heterocycles. The van der Waals surface area contributed by atoms with E-state index in [-0.39, 0.29) is 5.75 Å². The third-order valence-electron chi connectivity index (χ3n) is 4.17. The van der Waals surface area contributed by atoms with Crippen LogP contribution in [0.15, 0.2) is 28.9 Å². The second-order valence-corrected chi connectivity index (χ2v) is 9.67. The number of nitrogens with one attached hydrogen (secondary N) is 2. The Morgan fingerprint density at radius 3 is 2.89 bits per heavy atom. The first-order valence-corrected chi connectivity index (χ1v) is 11.2. The van der Waals surface area contributed by atoms with Crippen molar-refractivity contribution in [1.29, 1.82) is 0 Å². The van der Waals surface area contributed by atoms with Crippen LogP contribution in [0, 0.1) is 6.92 Å². The number of hydrogen-bond donors (Lipinski definition) is 3. The second-order valence-electron chi connectivity index (χ2n) is 6.20. The first kappa shape index (κ1) is 20.1. The van der Waals surface area contributed by atoms with Crippen LogP contribution < -0.4 is 15.8 Å². The van der Waals surface area contributed by atoms with E-state index >= 15 is 0 Å². The fraction of sp³-hybridized carbons (Fsp3) is 0.353. The zero-order chi connectivity index (χ0) is 19.6. The lowest BCUT2D eigenvalue weighted by Gasteiger charge is -2.10. The summed E-state index contributed by atoms with van der Waals surface area (Å²) in [7, 11) is -1.98. The van der Waals surface area contributed by atoms with Gasteiger partial charge < -0.3 is 15.5 Å². The van der Waals surface area contributed by atoms with Gasteiger partial charge in [0.05, 0.1) is 34.5 Å². The van der Waals surface area contributed by atoms with Crippen LogP contribution in [0.25, 0.3) is 10.2 Å². The van der Waals surface area contributed by atoms with Crippen molar-refractivity contribution in [3.63, 3.8) is 0 Å². The largest absolute Gasteiger partial charge is 0.467 e. The van der Waals surface area contributed by atoms with E-state index in [1.54, 1.807) is 23.7 Å². The van der Waals surface area contributed by atoms with Gasteiger partial charge in [-0.25, -0.2) is 18.1 Å².